The Balaban J connectivity index is 1.99. The summed E-state index contributed by atoms with van der Waals surface area (Å²) in [6.45, 7) is 9.36. The van der Waals surface area contributed by atoms with E-state index in [1.807, 2.05) is 26.0 Å². The number of carbonyl (C=O) groups is 3. The molecule has 1 N–H and O–H groups in total. The second kappa shape index (κ2) is 14.6. The number of unbranched alkanes of at least 4 members (excludes halogenated alkanes) is 5. The van der Waals surface area contributed by atoms with E-state index in [4.69, 9.17) is 9.84 Å². The van der Waals surface area contributed by atoms with Gasteiger partial charge in [-0.2, -0.15) is 0 Å². The van der Waals surface area contributed by atoms with Crippen molar-refractivity contribution in [1.29, 1.82) is 0 Å². The van der Waals surface area contributed by atoms with Gasteiger partial charge in [-0.1, -0.05) is 65.0 Å². The summed E-state index contributed by atoms with van der Waals surface area (Å²) in [6, 6.07) is 7.41. The van der Waals surface area contributed by atoms with Crippen molar-refractivity contribution in [3.8, 4) is 5.75 Å². The number of aryl methyl sites for hydroxylation is 2. The lowest BCUT2D eigenvalue weighted by Gasteiger charge is -2.19. The van der Waals surface area contributed by atoms with Crippen LogP contribution in [0, 0.1) is 5.92 Å². The number of hydrogen-bond donors (Lipinski definition) is 1. The summed E-state index contributed by atoms with van der Waals surface area (Å²) in [5.74, 6) is -0.662. The minimum absolute atomic E-state index is 0.0564. The highest BCUT2D eigenvalue weighted by Gasteiger charge is 2.26. The zero-order valence-corrected chi connectivity index (χ0v) is 22.6. The maximum Gasteiger partial charge on any atom is 0.303 e. The van der Waals surface area contributed by atoms with Gasteiger partial charge in [0.25, 0.3) is 0 Å². The lowest BCUT2D eigenvalue weighted by atomic mass is 9.98. The monoisotopic (exact) mass is 497 g/mol. The highest BCUT2D eigenvalue weighted by atomic mass is 16.5. The molecule has 2 unspecified atom stereocenters. The fourth-order valence-corrected chi connectivity index (χ4v) is 4.31. The fourth-order valence-electron chi connectivity index (χ4n) is 4.31. The maximum absolute atomic E-state index is 13.1. The SMILES string of the molecule is CCCCCCCCc1ccc(OC(C)C(=O)C(C)n2cc(CCC(=O)O)c(C(=O)C(C)C)c2)cc1. The number of carbonyl (C=O) groups excluding carboxylic acids is 2. The Morgan fingerprint density at radius 1 is 0.889 bits per heavy atom. The van der Waals surface area contributed by atoms with Gasteiger partial charge in [0, 0.05) is 30.3 Å². The van der Waals surface area contributed by atoms with Crippen molar-refractivity contribution < 1.29 is 24.2 Å². The van der Waals surface area contributed by atoms with Crippen LogP contribution < -0.4 is 4.74 Å². The predicted octanol–water partition coefficient (Wildman–Crippen LogP) is 6.84. The Kier molecular flexibility index (Phi) is 11.9. The number of Topliss-reactive ketones (excluding diaryl/α,β-unsaturated/α-hetero) is 2. The summed E-state index contributed by atoms with van der Waals surface area (Å²) in [7, 11) is 0. The van der Waals surface area contributed by atoms with E-state index in [0.29, 0.717) is 16.9 Å². The van der Waals surface area contributed by atoms with Crippen LogP contribution in [0.1, 0.15) is 107 Å². The molecule has 2 aromatic rings. The third-order valence-electron chi connectivity index (χ3n) is 6.64. The first kappa shape index (κ1) is 29.3. The number of aromatic nitrogens is 1. The topological polar surface area (TPSA) is 85.6 Å². The summed E-state index contributed by atoms with van der Waals surface area (Å²) in [4.78, 5) is 36.9. The minimum Gasteiger partial charge on any atom is -0.483 e. The summed E-state index contributed by atoms with van der Waals surface area (Å²) >= 11 is 0. The molecule has 0 bridgehead atoms. The molecule has 2 rings (SSSR count). The zero-order chi connectivity index (χ0) is 26.7. The van der Waals surface area contributed by atoms with Crippen molar-refractivity contribution >= 4 is 17.5 Å². The van der Waals surface area contributed by atoms with Crippen LogP contribution in [0.5, 0.6) is 5.75 Å². The molecule has 1 heterocycles. The molecule has 0 aliphatic carbocycles. The van der Waals surface area contributed by atoms with Gasteiger partial charge in [-0.05, 0) is 56.4 Å². The third kappa shape index (κ3) is 8.96. The molecule has 0 amide bonds. The standard InChI is InChI=1S/C30H43NO5/c1-6-7-8-9-10-11-12-24-13-16-26(17-14-24)36-23(5)30(35)22(4)31-19-25(15-18-28(32)33)27(20-31)29(34)21(2)3/h13-14,16-17,19-23H,6-12,15,18H2,1-5H3,(H,32,33). The smallest absolute Gasteiger partial charge is 0.303 e. The number of carboxylic acid groups (broad SMARTS) is 1. The molecule has 198 valence electrons. The quantitative estimate of drug-likeness (QED) is 0.191. The van der Waals surface area contributed by atoms with Crippen LogP contribution in [0.2, 0.25) is 0 Å². The van der Waals surface area contributed by atoms with Crippen LogP contribution >= 0.6 is 0 Å². The maximum atomic E-state index is 13.1. The van der Waals surface area contributed by atoms with Gasteiger partial charge in [-0.25, -0.2) is 0 Å². The van der Waals surface area contributed by atoms with Crippen molar-refractivity contribution in [3.05, 3.63) is 53.3 Å². The van der Waals surface area contributed by atoms with Gasteiger partial charge >= 0.3 is 5.97 Å². The van der Waals surface area contributed by atoms with Crippen LogP contribution in [0.25, 0.3) is 0 Å². The van der Waals surface area contributed by atoms with Crippen molar-refractivity contribution in [2.24, 2.45) is 5.92 Å². The first-order valence-electron chi connectivity index (χ1n) is 13.4. The average Bonchev–Trinajstić information content (AvgIpc) is 3.28. The van der Waals surface area contributed by atoms with Gasteiger partial charge in [-0.3, -0.25) is 14.4 Å². The van der Waals surface area contributed by atoms with Gasteiger partial charge in [0.2, 0.25) is 0 Å². The summed E-state index contributed by atoms with van der Waals surface area (Å²) < 4.78 is 7.64. The number of benzene rings is 1. The molecule has 0 aliphatic rings. The van der Waals surface area contributed by atoms with Crippen molar-refractivity contribution in [1.82, 2.24) is 4.57 Å². The molecule has 0 saturated heterocycles. The lowest BCUT2D eigenvalue weighted by Crippen LogP contribution is -2.30. The van der Waals surface area contributed by atoms with E-state index in [9.17, 15) is 14.4 Å². The van der Waals surface area contributed by atoms with Gasteiger partial charge in [0.05, 0.1) is 6.04 Å². The van der Waals surface area contributed by atoms with Crippen molar-refractivity contribution in [2.45, 2.75) is 105 Å². The Morgan fingerprint density at radius 2 is 1.53 bits per heavy atom. The van der Waals surface area contributed by atoms with E-state index in [-0.39, 0.29) is 30.3 Å². The highest BCUT2D eigenvalue weighted by Crippen LogP contribution is 2.23. The molecule has 0 radical (unpaired) electrons. The Bertz CT molecular complexity index is 989. The minimum atomic E-state index is -0.921. The Hall–Kier alpha value is -2.89. The van der Waals surface area contributed by atoms with E-state index in [0.717, 1.165) is 6.42 Å². The second-order valence-corrected chi connectivity index (χ2v) is 10.1. The molecular formula is C30H43NO5. The van der Waals surface area contributed by atoms with Crippen LogP contribution in [0.4, 0.5) is 0 Å². The first-order valence-corrected chi connectivity index (χ1v) is 13.4. The number of hydrogen-bond acceptors (Lipinski definition) is 4. The van der Waals surface area contributed by atoms with Crippen molar-refractivity contribution in [3.63, 3.8) is 0 Å². The highest BCUT2D eigenvalue weighted by molar-refractivity contribution is 5.99. The normalized spacial score (nSPS) is 12.9. The number of nitrogens with zero attached hydrogens (tertiary/aromatic N) is 1. The van der Waals surface area contributed by atoms with E-state index in [2.05, 4.69) is 19.1 Å². The summed E-state index contributed by atoms with van der Waals surface area (Å²) in [5, 5.41) is 9.07. The number of carboxylic acids is 1. The summed E-state index contributed by atoms with van der Waals surface area (Å²) in [5.41, 5.74) is 2.42. The molecule has 0 saturated carbocycles. The Morgan fingerprint density at radius 3 is 2.14 bits per heavy atom. The molecule has 1 aromatic carbocycles. The lowest BCUT2D eigenvalue weighted by molar-refractivity contribution is -0.137. The van der Waals surface area contributed by atoms with Gasteiger partial charge in [0.1, 0.15) is 5.75 Å². The number of ether oxygens (including phenoxy) is 1. The van der Waals surface area contributed by atoms with Gasteiger partial charge in [0.15, 0.2) is 17.7 Å². The van der Waals surface area contributed by atoms with E-state index in [1.54, 1.807) is 30.8 Å². The fraction of sp³-hybridized carbons (Fsp3) is 0.567. The zero-order valence-electron chi connectivity index (χ0n) is 22.6. The number of ketones is 2. The molecule has 0 fully saturated rings. The molecule has 0 spiro atoms. The van der Waals surface area contributed by atoms with E-state index < -0.39 is 18.1 Å². The van der Waals surface area contributed by atoms with Crippen LogP contribution in [0.3, 0.4) is 0 Å². The molecular weight excluding hydrogens is 454 g/mol. The number of aliphatic carboxylic acids is 1. The molecule has 6 nitrogen and oxygen atoms in total. The molecule has 0 aliphatic heterocycles. The third-order valence-corrected chi connectivity index (χ3v) is 6.64. The molecule has 1 aromatic heterocycles. The van der Waals surface area contributed by atoms with E-state index in [1.165, 1.54) is 44.1 Å². The van der Waals surface area contributed by atoms with Crippen molar-refractivity contribution in [2.75, 3.05) is 0 Å². The molecule has 36 heavy (non-hydrogen) atoms. The van der Waals surface area contributed by atoms with Crippen LogP contribution in [-0.4, -0.2) is 33.3 Å². The van der Waals surface area contributed by atoms with Gasteiger partial charge in [-0.15, -0.1) is 0 Å². The van der Waals surface area contributed by atoms with Crippen LogP contribution in [0.15, 0.2) is 36.7 Å². The number of rotatable bonds is 17. The van der Waals surface area contributed by atoms with Crippen LogP contribution in [-0.2, 0) is 22.4 Å². The summed E-state index contributed by atoms with van der Waals surface area (Å²) in [6.07, 6.45) is 11.6. The second-order valence-electron chi connectivity index (χ2n) is 10.1. The van der Waals surface area contributed by atoms with E-state index >= 15 is 0 Å². The predicted molar refractivity (Wildman–Crippen MR) is 143 cm³/mol. The van der Waals surface area contributed by atoms with Gasteiger partial charge < -0.3 is 14.4 Å². The molecule has 2 atom stereocenters. The largest absolute Gasteiger partial charge is 0.483 e. The first-order chi connectivity index (χ1) is 17.1. The molecule has 6 heteroatoms. The Labute approximate surface area is 216 Å². The average molecular weight is 498 g/mol.